The van der Waals surface area contributed by atoms with Gasteiger partial charge in [-0.15, -0.1) is 0 Å². The van der Waals surface area contributed by atoms with Crippen LogP contribution in [-0.4, -0.2) is 65.0 Å². The van der Waals surface area contributed by atoms with Crippen LogP contribution in [-0.2, 0) is 14.8 Å². The molecule has 0 unspecified atom stereocenters. The second-order valence-corrected chi connectivity index (χ2v) is 9.80. The Bertz CT molecular complexity index is 1090. The van der Waals surface area contributed by atoms with Gasteiger partial charge < -0.3 is 19.3 Å². The number of benzene rings is 2. The van der Waals surface area contributed by atoms with Crippen molar-refractivity contribution in [3.63, 3.8) is 0 Å². The van der Waals surface area contributed by atoms with Gasteiger partial charge in [0.05, 0.1) is 11.9 Å². The van der Waals surface area contributed by atoms with Crippen LogP contribution < -0.4 is 18.7 Å². The SMILES string of the molecule is Cc1cccc(N2CCN(C(=O)CN(c3ccc4c(c3)OCO4)S(C)(=O)=O)CC2)c1C. The van der Waals surface area contributed by atoms with Crippen molar-refractivity contribution in [2.75, 3.05) is 55.0 Å². The molecule has 0 N–H and O–H groups in total. The fraction of sp³-hybridized carbons (Fsp3) is 0.409. The van der Waals surface area contributed by atoms with Gasteiger partial charge in [0.25, 0.3) is 0 Å². The molecular formula is C22H27N3O5S. The summed E-state index contributed by atoms with van der Waals surface area (Å²) in [5, 5.41) is 0. The van der Waals surface area contributed by atoms with E-state index in [0.29, 0.717) is 43.4 Å². The van der Waals surface area contributed by atoms with Gasteiger partial charge in [-0.1, -0.05) is 12.1 Å². The Morgan fingerprint density at radius 1 is 1.03 bits per heavy atom. The summed E-state index contributed by atoms with van der Waals surface area (Å²) < 4.78 is 36.6. The largest absolute Gasteiger partial charge is 0.454 e. The highest BCUT2D eigenvalue weighted by Crippen LogP contribution is 2.36. The second-order valence-electron chi connectivity index (χ2n) is 7.89. The van der Waals surface area contributed by atoms with E-state index >= 15 is 0 Å². The van der Waals surface area contributed by atoms with Crippen LogP contribution in [0.2, 0.25) is 0 Å². The lowest BCUT2D eigenvalue weighted by Gasteiger charge is -2.37. The molecule has 0 saturated carbocycles. The number of carbonyl (C=O) groups is 1. The quantitative estimate of drug-likeness (QED) is 0.702. The van der Waals surface area contributed by atoms with E-state index < -0.39 is 10.0 Å². The van der Waals surface area contributed by atoms with Crippen molar-refractivity contribution in [2.24, 2.45) is 0 Å². The first kappa shape index (κ1) is 21.3. The zero-order chi connectivity index (χ0) is 22.2. The number of ether oxygens (including phenoxy) is 2. The lowest BCUT2D eigenvalue weighted by Crippen LogP contribution is -2.52. The van der Waals surface area contributed by atoms with Crippen molar-refractivity contribution in [3.05, 3.63) is 47.5 Å². The van der Waals surface area contributed by atoms with Crippen LogP contribution in [0.15, 0.2) is 36.4 Å². The highest BCUT2D eigenvalue weighted by Gasteiger charge is 2.28. The highest BCUT2D eigenvalue weighted by molar-refractivity contribution is 7.92. The van der Waals surface area contributed by atoms with Gasteiger partial charge in [0.15, 0.2) is 11.5 Å². The van der Waals surface area contributed by atoms with Crippen molar-refractivity contribution < 1.29 is 22.7 Å². The van der Waals surface area contributed by atoms with Gasteiger partial charge in [-0.3, -0.25) is 9.10 Å². The maximum absolute atomic E-state index is 13.0. The van der Waals surface area contributed by atoms with Crippen LogP contribution in [0.5, 0.6) is 11.5 Å². The van der Waals surface area contributed by atoms with Crippen molar-refractivity contribution in [1.29, 1.82) is 0 Å². The van der Waals surface area contributed by atoms with Crippen LogP contribution in [0.1, 0.15) is 11.1 Å². The summed E-state index contributed by atoms with van der Waals surface area (Å²) in [5.41, 5.74) is 4.05. The lowest BCUT2D eigenvalue weighted by atomic mass is 10.1. The number of carbonyl (C=O) groups excluding carboxylic acids is 1. The Labute approximate surface area is 183 Å². The standard InChI is InChI=1S/C22H27N3O5S/c1-16-5-4-6-19(17(16)2)23-9-11-24(12-10-23)22(26)14-25(31(3,27)28)18-7-8-20-21(13-18)30-15-29-20/h4-8,13H,9-12,14-15H2,1-3H3. The van der Waals surface area contributed by atoms with Crippen LogP contribution in [0, 0.1) is 13.8 Å². The van der Waals surface area contributed by atoms with Gasteiger partial charge in [-0.05, 0) is 43.2 Å². The van der Waals surface area contributed by atoms with Crippen LogP contribution in [0.25, 0.3) is 0 Å². The highest BCUT2D eigenvalue weighted by atomic mass is 32.2. The van der Waals surface area contributed by atoms with E-state index in [1.165, 1.54) is 16.8 Å². The van der Waals surface area contributed by atoms with Crippen molar-refractivity contribution in [1.82, 2.24) is 4.90 Å². The third-order valence-corrected chi connectivity index (χ3v) is 7.01. The van der Waals surface area contributed by atoms with Gasteiger partial charge in [-0.25, -0.2) is 8.42 Å². The molecular weight excluding hydrogens is 418 g/mol. The number of fused-ring (bicyclic) bond motifs is 1. The predicted octanol–water partition coefficient (Wildman–Crippen LogP) is 2.15. The summed E-state index contributed by atoms with van der Waals surface area (Å²) in [6, 6.07) is 11.1. The lowest BCUT2D eigenvalue weighted by molar-refractivity contribution is -0.129. The number of rotatable bonds is 5. The van der Waals surface area contributed by atoms with Crippen molar-refractivity contribution in [2.45, 2.75) is 13.8 Å². The molecule has 1 fully saturated rings. The molecule has 0 aromatic heterocycles. The molecule has 2 aromatic rings. The Balaban J connectivity index is 1.45. The minimum Gasteiger partial charge on any atom is -0.454 e. The molecule has 0 spiro atoms. The minimum absolute atomic E-state index is 0.0985. The topological polar surface area (TPSA) is 79.4 Å². The molecule has 1 amide bonds. The van der Waals surface area contributed by atoms with Crippen molar-refractivity contribution >= 4 is 27.3 Å². The second kappa shape index (κ2) is 8.30. The molecule has 31 heavy (non-hydrogen) atoms. The number of nitrogens with zero attached hydrogens (tertiary/aromatic N) is 3. The van der Waals surface area contributed by atoms with E-state index in [0.717, 1.165) is 10.6 Å². The van der Waals surface area contributed by atoms with Gasteiger partial charge in [-0.2, -0.15) is 0 Å². The van der Waals surface area contributed by atoms with E-state index in [1.54, 1.807) is 23.1 Å². The van der Waals surface area contributed by atoms with E-state index in [9.17, 15) is 13.2 Å². The van der Waals surface area contributed by atoms with Gasteiger partial charge >= 0.3 is 0 Å². The average Bonchev–Trinajstić information content (AvgIpc) is 3.21. The van der Waals surface area contributed by atoms with Crippen LogP contribution in [0.3, 0.4) is 0 Å². The minimum atomic E-state index is -3.65. The molecule has 8 nitrogen and oxygen atoms in total. The molecule has 2 aliphatic rings. The van der Waals surface area contributed by atoms with Gasteiger partial charge in [0.1, 0.15) is 6.54 Å². The number of sulfonamides is 1. The Kier molecular flexibility index (Phi) is 5.70. The third kappa shape index (κ3) is 4.41. The molecule has 0 aliphatic carbocycles. The van der Waals surface area contributed by atoms with E-state index in [2.05, 4.69) is 30.9 Å². The van der Waals surface area contributed by atoms with E-state index in [4.69, 9.17) is 9.47 Å². The molecule has 0 radical (unpaired) electrons. The van der Waals surface area contributed by atoms with E-state index in [-0.39, 0.29) is 19.2 Å². The zero-order valence-corrected chi connectivity index (χ0v) is 18.8. The fourth-order valence-electron chi connectivity index (χ4n) is 3.94. The first-order valence-corrected chi connectivity index (χ1v) is 12.0. The maximum atomic E-state index is 13.0. The Hall–Kier alpha value is -2.94. The summed E-state index contributed by atoms with van der Waals surface area (Å²) in [5.74, 6) is 0.815. The number of aryl methyl sites for hydroxylation is 1. The van der Waals surface area contributed by atoms with Gasteiger partial charge in [0, 0.05) is 37.9 Å². The zero-order valence-electron chi connectivity index (χ0n) is 18.0. The van der Waals surface area contributed by atoms with Crippen LogP contribution in [0.4, 0.5) is 11.4 Å². The third-order valence-electron chi connectivity index (χ3n) is 5.87. The Morgan fingerprint density at radius 3 is 2.45 bits per heavy atom. The molecule has 4 rings (SSSR count). The molecule has 2 aliphatic heterocycles. The summed E-state index contributed by atoms with van der Waals surface area (Å²) in [7, 11) is -3.65. The van der Waals surface area contributed by atoms with Crippen molar-refractivity contribution in [3.8, 4) is 11.5 Å². The maximum Gasteiger partial charge on any atom is 0.243 e. The molecule has 0 bridgehead atoms. The number of piperazine rings is 1. The number of hydrogen-bond donors (Lipinski definition) is 0. The van der Waals surface area contributed by atoms with Gasteiger partial charge in [0.2, 0.25) is 22.7 Å². The Morgan fingerprint density at radius 2 is 1.74 bits per heavy atom. The summed E-state index contributed by atoms with van der Waals surface area (Å²) in [6.07, 6.45) is 1.10. The molecule has 1 saturated heterocycles. The molecule has 166 valence electrons. The monoisotopic (exact) mass is 445 g/mol. The number of amides is 1. The molecule has 0 atom stereocenters. The smallest absolute Gasteiger partial charge is 0.243 e. The average molecular weight is 446 g/mol. The molecule has 9 heteroatoms. The first-order chi connectivity index (χ1) is 14.7. The predicted molar refractivity (Wildman–Crippen MR) is 119 cm³/mol. The normalized spacial score (nSPS) is 15.8. The van der Waals surface area contributed by atoms with Crippen LogP contribution >= 0.6 is 0 Å². The molecule has 2 aromatic carbocycles. The summed E-state index contributed by atoms with van der Waals surface area (Å²) in [4.78, 5) is 17.0. The molecule has 2 heterocycles. The summed E-state index contributed by atoms with van der Waals surface area (Å²) >= 11 is 0. The number of hydrogen-bond acceptors (Lipinski definition) is 6. The summed E-state index contributed by atoms with van der Waals surface area (Å²) in [6.45, 7) is 6.56. The first-order valence-electron chi connectivity index (χ1n) is 10.2. The fourth-order valence-corrected chi connectivity index (χ4v) is 4.78. The van der Waals surface area contributed by atoms with E-state index in [1.807, 2.05) is 6.07 Å². The number of anilines is 2.